The van der Waals surface area contributed by atoms with Crippen LogP contribution < -0.4 is 0 Å². The predicted octanol–water partition coefficient (Wildman–Crippen LogP) is 3.22. The summed E-state index contributed by atoms with van der Waals surface area (Å²) in [6.07, 6.45) is 2.88. The monoisotopic (exact) mass is 291 g/mol. The third kappa shape index (κ3) is 2.62. The van der Waals surface area contributed by atoms with Crippen molar-refractivity contribution in [3.8, 4) is 0 Å². The third-order valence-corrected chi connectivity index (χ3v) is 3.71. The Balaban J connectivity index is 1.89. The number of halogens is 1. The third-order valence-electron chi connectivity index (χ3n) is 3.41. The minimum atomic E-state index is -0.350. The molecule has 0 atom stereocenters. The van der Waals surface area contributed by atoms with Crippen molar-refractivity contribution in [1.29, 1.82) is 0 Å². The van der Waals surface area contributed by atoms with Gasteiger partial charge >= 0.3 is 5.97 Å². The molecule has 5 heteroatoms. The summed E-state index contributed by atoms with van der Waals surface area (Å²) in [5.41, 5.74) is 0.455. The van der Waals surface area contributed by atoms with E-state index in [1.54, 1.807) is 0 Å². The van der Waals surface area contributed by atoms with Gasteiger partial charge in [0, 0.05) is 29.8 Å². The van der Waals surface area contributed by atoms with Crippen molar-refractivity contribution >= 4 is 28.3 Å². The molecule has 0 bridgehead atoms. The highest BCUT2D eigenvalue weighted by Gasteiger charge is 2.21. The minimum absolute atomic E-state index is 0.0781. The molecule has 1 saturated heterocycles. The van der Waals surface area contributed by atoms with Crippen molar-refractivity contribution in [3.63, 3.8) is 0 Å². The molecule has 1 fully saturated rings. The summed E-state index contributed by atoms with van der Waals surface area (Å²) in [4.78, 5) is 16.4. The van der Waals surface area contributed by atoms with E-state index in [0.717, 1.165) is 23.6 Å². The molecule has 0 spiro atoms. The lowest BCUT2D eigenvalue weighted by molar-refractivity contribution is -0.0158. The molecule has 2 heterocycles. The standard InChI is InChI=1S/C15H14ClNO3/c16-14-12-4-2-1-3-11(12)13(9-17-14)15(18)20-10-5-7-19-8-6-10/h1-4,9-10H,5-8H2. The van der Waals surface area contributed by atoms with Crippen LogP contribution in [0.1, 0.15) is 23.2 Å². The first-order chi connectivity index (χ1) is 9.75. The van der Waals surface area contributed by atoms with E-state index in [9.17, 15) is 4.79 Å². The maximum absolute atomic E-state index is 12.3. The van der Waals surface area contributed by atoms with E-state index in [1.165, 1.54) is 6.20 Å². The summed E-state index contributed by atoms with van der Waals surface area (Å²) in [5.74, 6) is -0.350. The van der Waals surface area contributed by atoms with E-state index in [0.29, 0.717) is 23.9 Å². The quantitative estimate of drug-likeness (QED) is 0.629. The van der Waals surface area contributed by atoms with Crippen LogP contribution in [-0.4, -0.2) is 30.3 Å². The molecule has 0 amide bonds. The molecule has 4 nitrogen and oxygen atoms in total. The molecule has 0 unspecified atom stereocenters. The maximum atomic E-state index is 12.3. The number of benzene rings is 1. The Morgan fingerprint density at radius 3 is 2.70 bits per heavy atom. The van der Waals surface area contributed by atoms with E-state index in [2.05, 4.69) is 4.98 Å². The fourth-order valence-corrected chi connectivity index (χ4v) is 2.54. The zero-order valence-corrected chi connectivity index (χ0v) is 11.6. The number of aromatic nitrogens is 1. The first kappa shape index (κ1) is 13.3. The molecule has 3 rings (SSSR count). The highest BCUT2D eigenvalue weighted by Crippen LogP contribution is 2.25. The van der Waals surface area contributed by atoms with Crippen molar-refractivity contribution < 1.29 is 14.3 Å². The van der Waals surface area contributed by atoms with Gasteiger partial charge in [-0.25, -0.2) is 9.78 Å². The lowest BCUT2D eigenvalue weighted by Crippen LogP contribution is -2.26. The highest BCUT2D eigenvalue weighted by molar-refractivity contribution is 6.34. The number of carbonyl (C=O) groups is 1. The molecule has 20 heavy (non-hydrogen) atoms. The number of hydrogen-bond acceptors (Lipinski definition) is 4. The van der Waals surface area contributed by atoms with Gasteiger partial charge in [0.2, 0.25) is 0 Å². The van der Waals surface area contributed by atoms with Crippen molar-refractivity contribution in [2.24, 2.45) is 0 Å². The van der Waals surface area contributed by atoms with Crippen molar-refractivity contribution in [2.75, 3.05) is 13.2 Å². The molecule has 0 N–H and O–H groups in total. The van der Waals surface area contributed by atoms with Crippen LogP contribution in [0.25, 0.3) is 10.8 Å². The van der Waals surface area contributed by atoms with Crippen molar-refractivity contribution in [3.05, 3.63) is 41.2 Å². The number of ether oxygens (including phenoxy) is 2. The first-order valence-corrected chi connectivity index (χ1v) is 6.95. The van der Waals surface area contributed by atoms with Crippen molar-refractivity contribution in [1.82, 2.24) is 4.98 Å². The van der Waals surface area contributed by atoms with Gasteiger partial charge in [0.1, 0.15) is 11.3 Å². The van der Waals surface area contributed by atoms with Crippen LogP contribution in [0.4, 0.5) is 0 Å². The lowest BCUT2D eigenvalue weighted by atomic mass is 10.1. The summed E-state index contributed by atoms with van der Waals surface area (Å²) < 4.78 is 10.8. The molecule has 1 aliphatic heterocycles. The second-order valence-electron chi connectivity index (χ2n) is 4.73. The highest BCUT2D eigenvalue weighted by atomic mass is 35.5. The minimum Gasteiger partial charge on any atom is -0.459 e. The van der Waals surface area contributed by atoms with E-state index in [1.807, 2.05) is 24.3 Å². The van der Waals surface area contributed by atoms with Gasteiger partial charge in [-0.05, 0) is 0 Å². The predicted molar refractivity (Wildman–Crippen MR) is 76.0 cm³/mol. The van der Waals surface area contributed by atoms with E-state index >= 15 is 0 Å². The molecular formula is C15H14ClNO3. The van der Waals surface area contributed by atoms with E-state index in [-0.39, 0.29) is 12.1 Å². The topological polar surface area (TPSA) is 48.4 Å². The molecular weight excluding hydrogens is 278 g/mol. The van der Waals surface area contributed by atoms with Crippen LogP contribution in [-0.2, 0) is 9.47 Å². The maximum Gasteiger partial charge on any atom is 0.340 e. The van der Waals surface area contributed by atoms with Gasteiger partial charge in [-0.1, -0.05) is 35.9 Å². The number of nitrogens with zero attached hydrogens (tertiary/aromatic N) is 1. The Hall–Kier alpha value is -1.65. The second kappa shape index (κ2) is 5.77. The average Bonchev–Trinajstić information content (AvgIpc) is 2.49. The summed E-state index contributed by atoms with van der Waals surface area (Å²) in [6.45, 7) is 1.27. The summed E-state index contributed by atoms with van der Waals surface area (Å²) in [7, 11) is 0. The fraction of sp³-hybridized carbons (Fsp3) is 0.333. The molecule has 1 aromatic carbocycles. The molecule has 104 valence electrons. The number of hydrogen-bond donors (Lipinski definition) is 0. The normalized spacial score (nSPS) is 16.2. The molecule has 1 aromatic heterocycles. The number of rotatable bonds is 2. The van der Waals surface area contributed by atoms with Crippen LogP contribution in [0.15, 0.2) is 30.5 Å². The Morgan fingerprint density at radius 1 is 1.25 bits per heavy atom. The lowest BCUT2D eigenvalue weighted by Gasteiger charge is -2.22. The Morgan fingerprint density at radius 2 is 1.95 bits per heavy atom. The largest absolute Gasteiger partial charge is 0.459 e. The fourth-order valence-electron chi connectivity index (χ4n) is 2.33. The summed E-state index contributed by atoms with van der Waals surface area (Å²) in [5, 5.41) is 1.92. The Kier molecular flexibility index (Phi) is 3.85. The second-order valence-corrected chi connectivity index (χ2v) is 5.08. The zero-order chi connectivity index (χ0) is 13.9. The van der Waals surface area contributed by atoms with Gasteiger partial charge in [-0.2, -0.15) is 0 Å². The van der Waals surface area contributed by atoms with Crippen LogP contribution in [0, 0.1) is 0 Å². The summed E-state index contributed by atoms with van der Waals surface area (Å²) in [6, 6.07) is 7.42. The Bertz CT molecular complexity index is 638. The van der Waals surface area contributed by atoms with Crippen LogP contribution in [0.3, 0.4) is 0 Å². The van der Waals surface area contributed by atoms with Gasteiger partial charge in [-0.3, -0.25) is 0 Å². The van der Waals surface area contributed by atoms with Crippen LogP contribution >= 0.6 is 11.6 Å². The number of carbonyl (C=O) groups excluding carboxylic acids is 1. The number of esters is 1. The van der Waals surface area contributed by atoms with Crippen molar-refractivity contribution in [2.45, 2.75) is 18.9 Å². The van der Waals surface area contributed by atoms with E-state index in [4.69, 9.17) is 21.1 Å². The summed E-state index contributed by atoms with van der Waals surface area (Å²) >= 11 is 6.05. The molecule has 2 aromatic rings. The smallest absolute Gasteiger partial charge is 0.340 e. The van der Waals surface area contributed by atoms with E-state index < -0.39 is 0 Å². The van der Waals surface area contributed by atoms with Gasteiger partial charge in [0.15, 0.2) is 0 Å². The van der Waals surface area contributed by atoms with Crippen LogP contribution in [0.5, 0.6) is 0 Å². The number of pyridine rings is 1. The van der Waals surface area contributed by atoms with Gasteiger partial charge in [0.05, 0.1) is 18.8 Å². The SMILES string of the molecule is O=C(OC1CCOCC1)c1cnc(Cl)c2ccccc12. The van der Waals surface area contributed by atoms with Gasteiger partial charge in [-0.15, -0.1) is 0 Å². The Labute approximate surface area is 121 Å². The van der Waals surface area contributed by atoms with Gasteiger partial charge in [0.25, 0.3) is 0 Å². The van der Waals surface area contributed by atoms with Gasteiger partial charge < -0.3 is 9.47 Å². The first-order valence-electron chi connectivity index (χ1n) is 6.57. The number of fused-ring (bicyclic) bond motifs is 1. The zero-order valence-electron chi connectivity index (χ0n) is 10.8. The molecule has 0 saturated carbocycles. The van der Waals surface area contributed by atoms with Crippen LogP contribution in [0.2, 0.25) is 5.15 Å². The molecule has 0 radical (unpaired) electrons. The average molecular weight is 292 g/mol. The molecule has 1 aliphatic rings. The molecule has 0 aliphatic carbocycles.